The maximum Gasteiger partial charge on any atom is 0.123 e. The van der Waals surface area contributed by atoms with Gasteiger partial charge in [-0.3, -0.25) is 0 Å². The monoisotopic (exact) mass is 241 g/mol. The molecule has 2 heterocycles. The summed E-state index contributed by atoms with van der Waals surface area (Å²) in [5, 5.41) is 0. The number of aromatic nitrogens is 2. The van der Waals surface area contributed by atoms with Crippen molar-refractivity contribution in [1.82, 2.24) is 9.97 Å². The molecule has 0 amide bonds. The zero-order valence-electron chi connectivity index (χ0n) is 9.34. The first-order chi connectivity index (χ1) is 8.24. The third kappa shape index (κ3) is 1.76. The lowest BCUT2D eigenvalue weighted by molar-refractivity contribution is 1.33. The molecular weight excluding hydrogens is 230 g/mol. The molecule has 0 atom stereocenters. The summed E-state index contributed by atoms with van der Waals surface area (Å²) in [6, 6.07) is 8.08. The van der Waals surface area contributed by atoms with E-state index in [0.717, 1.165) is 16.6 Å². The van der Waals surface area contributed by atoms with Gasteiger partial charge in [0, 0.05) is 11.8 Å². The molecule has 0 bridgehead atoms. The predicted molar refractivity (Wildman–Crippen MR) is 72.0 cm³/mol. The third-order valence-corrected chi connectivity index (χ3v) is 3.57. The van der Waals surface area contributed by atoms with Gasteiger partial charge >= 0.3 is 0 Å². The van der Waals surface area contributed by atoms with Gasteiger partial charge in [0.05, 0.1) is 15.7 Å². The molecular formula is C13H11N3S. The summed E-state index contributed by atoms with van der Waals surface area (Å²) >= 11 is 1.66. The minimum absolute atomic E-state index is 0.543. The molecule has 0 saturated heterocycles. The van der Waals surface area contributed by atoms with E-state index < -0.39 is 0 Å². The smallest absolute Gasteiger partial charge is 0.123 e. The van der Waals surface area contributed by atoms with E-state index in [0.29, 0.717) is 5.82 Å². The van der Waals surface area contributed by atoms with Gasteiger partial charge in [0.1, 0.15) is 5.82 Å². The van der Waals surface area contributed by atoms with E-state index in [1.165, 1.54) is 10.3 Å². The van der Waals surface area contributed by atoms with Gasteiger partial charge in [0.15, 0.2) is 0 Å². The highest BCUT2D eigenvalue weighted by molar-refractivity contribution is 7.16. The van der Waals surface area contributed by atoms with Gasteiger partial charge in [-0.2, -0.15) is 0 Å². The van der Waals surface area contributed by atoms with E-state index in [1.54, 1.807) is 17.5 Å². The molecule has 0 saturated carbocycles. The van der Waals surface area contributed by atoms with Crippen LogP contribution in [0.5, 0.6) is 0 Å². The molecule has 3 aromatic rings. The van der Waals surface area contributed by atoms with Gasteiger partial charge in [-0.15, -0.1) is 11.3 Å². The van der Waals surface area contributed by atoms with Crippen LogP contribution in [0.4, 0.5) is 5.82 Å². The number of aryl methyl sites for hydroxylation is 1. The fourth-order valence-electron chi connectivity index (χ4n) is 1.88. The van der Waals surface area contributed by atoms with Crippen LogP contribution < -0.4 is 5.73 Å². The van der Waals surface area contributed by atoms with Crippen LogP contribution in [0, 0.1) is 6.92 Å². The van der Waals surface area contributed by atoms with Gasteiger partial charge in [0.25, 0.3) is 0 Å². The Balaban J connectivity index is 2.21. The Morgan fingerprint density at radius 2 is 2.06 bits per heavy atom. The van der Waals surface area contributed by atoms with E-state index in [1.807, 2.05) is 17.6 Å². The fraction of sp³-hybridized carbons (Fsp3) is 0.0769. The molecule has 0 aliphatic rings. The number of nitrogens with two attached hydrogens (primary N) is 1. The van der Waals surface area contributed by atoms with E-state index in [4.69, 9.17) is 5.73 Å². The summed E-state index contributed by atoms with van der Waals surface area (Å²) in [6.45, 7) is 2.10. The first-order valence-corrected chi connectivity index (χ1v) is 6.18. The SMILES string of the molecule is Cc1cc2scnc2cc1-c1ccc(N)nc1. The number of fused-ring (bicyclic) bond motifs is 1. The number of hydrogen-bond acceptors (Lipinski definition) is 4. The quantitative estimate of drug-likeness (QED) is 0.711. The average Bonchev–Trinajstić information content (AvgIpc) is 2.76. The summed E-state index contributed by atoms with van der Waals surface area (Å²) in [4.78, 5) is 8.46. The second kappa shape index (κ2) is 3.82. The molecule has 4 heteroatoms. The Morgan fingerprint density at radius 1 is 1.18 bits per heavy atom. The highest BCUT2D eigenvalue weighted by atomic mass is 32.1. The van der Waals surface area contributed by atoms with Gasteiger partial charge in [-0.25, -0.2) is 9.97 Å². The van der Waals surface area contributed by atoms with Crippen LogP contribution in [0.2, 0.25) is 0 Å². The highest BCUT2D eigenvalue weighted by Crippen LogP contribution is 2.29. The summed E-state index contributed by atoms with van der Waals surface area (Å²) < 4.78 is 1.22. The van der Waals surface area contributed by atoms with Crippen molar-refractivity contribution in [3.05, 3.63) is 41.5 Å². The molecule has 2 aromatic heterocycles. The Morgan fingerprint density at radius 3 is 2.82 bits per heavy atom. The molecule has 0 radical (unpaired) electrons. The van der Waals surface area contributed by atoms with Gasteiger partial charge in [-0.05, 0) is 42.3 Å². The van der Waals surface area contributed by atoms with E-state index in [2.05, 4.69) is 29.0 Å². The van der Waals surface area contributed by atoms with Gasteiger partial charge < -0.3 is 5.73 Å². The molecule has 3 nitrogen and oxygen atoms in total. The van der Waals surface area contributed by atoms with Crippen molar-refractivity contribution in [2.24, 2.45) is 0 Å². The lowest BCUT2D eigenvalue weighted by atomic mass is 10.0. The summed E-state index contributed by atoms with van der Waals surface area (Å²) in [6.07, 6.45) is 1.80. The number of nitrogen functional groups attached to an aromatic ring is 1. The van der Waals surface area contributed by atoms with Crippen molar-refractivity contribution in [2.75, 3.05) is 5.73 Å². The Kier molecular flexibility index (Phi) is 2.30. The van der Waals surface area contributed by atoms with E-state index in [9.17, 15) is 0 Å². The molecule has 0 unspecified atom stereocenters. The van der Waals surface area contributed by atoms with Crippen molar-refractivity contribution in [3.63, 3.8) is 0 Å². The molecule has 0 aliphatic carbocycles. The highest BCUT2D eigenvalue weighted by Gasteiger charge is 2.06. The van der Waals surface area contributed by atoms with Crippen molar-refractivity contribution in [2.45, 2.75) is 6.92 Å². The van der Waals surface area contributed by atoms with Crippen LogP contribution in [0.3, 0.4) is 0 Å². The first kappa shape index (κ1) is 10.2. The number of rotatable bonds is 1. The van der Waals surface area contributed by atoms with E-state index >= 15 is 0 Å². The fourth-order valence-corrected chi connectivity index (χ4v) is 2.64. The van der Waals surface area contributed by atoms with E-state index in [-0.39, 0.29) is 0 Å². The lowest BCUT2D eigenvalue weighted by Crippen LogP contribution is -1.90. The van der Waals surface area contributed by atoms with Crippen LogP contribution in [0.1, 0.15) is 5.56 Å². The van der Waals surface area contributed by atoms with Crippen molar-refractivity contribution < 1.29 is 0 Å². The van der Waals surface area contributed by atoms with Crippen LogP contribution in [0.15, 0.2) is 36.0 Å². The summed E-state index contributed by atoms with van der Waals surface area (Å²) in [5.41, 5.74) is 12.0. The lowest BCUT2D eigenvalue weighted by Gasteiger charge is -2.06. The van der Waals surface area contributed by atoms with Crippen molar-refractivity contribution in [3.8, 4) is 11.1 Å². The molecule has 0 spiro atoms. The number of pyridine rings is 1. The van der Waals surface area contributed by atoms with Crippen LogP contribution in [-0.2, 0) is 0 Å². The van der Waals surface area contributed by atoms with Gasteiger partial charge in [0.2, 0.25) is 0 Å². The number of anilines is 1. The summed E-state index contributed by atoms with van der Waals surface area (Å²) in [7, 11) is 0. The minimum Gasteiger partial charge on any atom is -0.384 e. The number of benzene rings is 1. The van der Waals surface area contributed by atoms with Crippen LogP contribution in [-0.4, -0.2) is 9.97 Å². The van der Waals surface area contributed by atoms with Crippen molar-refractivity contribution >= 4 is 27.4 Å². The molecule has 84 valence electrons. The number of hydrogen-bond donors (Lipinski definition) is 1. The minimum atomic E-state index is 0.543. The first-order valence-electron chi connectivity index (χ1n) is 5.30. The molecule has 0 aliphatic heterocycles. The molecule has 2 N–H and O–H groups in total. The average molecular weight is 241 g/mol. The maximum absolute atomic E-state index is 5.60. The van der Waals surface area contributed by atoms with Gasteiger partial charge in [-0.1, -0.05) is 0 Å². The number of thiazole rings is 1. The standard InChI is InChI=1S/C13H11N3S/c1-8-4-12-11(16-7-17-12)5-10(8)9-2-3-13(14)15-6-9/h2-7H,1H3,(H2,14,15). The number of nitrogens with zero attached hydrogens (tertiary/aromatic N) is 2. The molecule has 3 rings (SSSR count). The largest absolute Gasteiger partial charge is 0.384 e. The second-order valence-electron chi connectivity index (χ2n) is 3.96. The third-order valence-electron chi connectivity index (χ3n) is 2.77. The zero-order chi connectivity index (χ0) is 11.8. The molecule has 0 fully saturated rings. The van der Waals surface area contributed by atoms with Crippen LogP contribution >= 0.6 is 11.3 Å². The molecule has 17 heavy (non-hydrogen) atoms. The van der Waals surface area contributed by atoms with Crippen molar-refractivity contribution in [1.29, 1.82) is 0 Å². The summed E-state index contributed by atoms with van der Waals surface area (Å²) in [5.74, 6) is 0.543. The Labute approximate surface area is 103 Å². The topological polar surface area (TPSA) is 51.8 Å². The second-order valence-corrected chi connectivity index (χ2v) is 4.85. The Hall–Kier alpha value is -1.94. The maximum atomic E-state index is 5.60. The predicted octanol–water partition coefficient (Wildman–Crippen LogP) is 3.25. The van der Waals surface area contributed by atoms with Crippen LogP contribution in [0.25, 0.3) is 21.3 Å². The molecule has 1 aromatic carbocycles. The zero-order valence-corrected chi connectivity index (χ0v) is 10.2. The Bertz CT molecular complexity index is 671. The normalized spacial score (nSPS) is 10.9.